The third kappa shape index (κ3) is 2.31. The summed E-state index contributed by atoms with van der Waals surface area (Å²) in [6.45, 7) is 5.09. The summed E-state index contributed by atoms with van der Waals surface area (Å²) in [5, 5.41) is 3.15. The van der Waals surface area contributed by atoms with Gasteiger partial charge in [-0.05, 0) is 26.0 Å². The number of imidazole rings is 1. The van der Waals surface area contributed by atoms with Gasteiger partial charge in [-0.1, -0.05) is 31.2 Å². The van der Waals surface area contributed by atoms with Gasteiger partial charge in [-0.2, -0.15) is 0 Å². The van der Waals surface area contributed by atoms with Crippen LogP contribution in [0.2, 0.25) is 0 Å². The molecule has 0 aliphatic carbocycles. The lowest BCUT2D eigenvalue weighted by atomic mass is 10.1. The molecule has 0 spiro atoms. The molecular weight excluding hydrogens is 222 g/mol. The van der Waals surface area contributed by atoms with Crippen LogP contribution < -0.4 is 5.32 Å². The van der Waals surface area contributed by atoms with E-state index in [9.17, 15) is 0 Å². The molecule has 0 fully saturated rings. The summed E-state index contributed by atoms with van der Waals surface area (Å²) in [5.74, 6) is 1.07. The van der Waals surface area contributed by atoms with E-state index in [4.69, 9.17) is 4.98 Å². The number of benzene rings is 1. The first-order valence-corrected chi connectivity index (χ1v) is 6.43. The van der Waals surface area contributed by atoms with Crippen molar-refractivity contribution < 1.29 is 0 Å². The highest BCUT2D eigenvalue weighted by Gasteiger charge is 2.11. The summed E-state index contributed by atoms with van der Waals surface area (Å²) in [6.07, 6.45) is 1.08. The van der Waals surface area contributed by atoms with Gasteiger partial charge in [-0.25, -0.2) is 4.98 Å². The van der Waals surface area contributed by atoms with E-state index in [0.29, 0.717) is 0 Å². The first-order valence-electron chi connectivity index (χ1n) is 6.43. The maximum absolute atomic E-state index is 4.73. The summed E-state index contributed by atoms with van der Waals surface area (Å²) < 4.78 is 2.15. The monoisotopic (exact) mass is 243 g/mol. The fourth-order valence-electron chi connectivity index (χ4n) is 2.13. The summed E-state index contributed by atoms with van der Waals surface area (Å²) in [7, 11) is 4.01. The van der Waals surface area contributed by atoms with E-state index < -0.39 is 0 Å². The number of hydrogen-bond acceptors (Lipinski definition) is 2. The first kappa shape index (κ1) is 12.8. The van der Waals surface area contributed by atoms with Crippen LogP contribution in [0.15, 0.2) is 24.3 Å². The van der Waals surface area contributed by atoms with Crippen LogP contribution in [0, 0.1) is 6.92 Å². The maximum Gasteiger partial charge on any atom is 0.123 e. The van der Waals surface area contributed by atoms with Gasteiger partial charge < -0.3 is 9.88 Å². The molecule has 18 heavy (non-hydrogen) atoms. The molecule has 1 N–H and O–H groups in total. The van der Waals surface area contributed by atoms with E-state index in [0.717, 1.165) is 24.5 Å². The third-order valence-corrected chi connectivity index (χ3v) is 3.44. The largest absolute Gasteiger partial charge is 0.334 e. The second kappa shape index (κ2) is 5.36. The number of aryl methyl sites for hydroxylation is 1. The molecule has 1 aromatic heterocycles. The first-order chi connectivity index (χ1) is 8.67. The molecule has 3 heteroatoms. The zero-order valence-corrected chi connectivity index (χ0v) is 11.6. The van der Waals surface area contributed by atoms with Gasteiger partial charge in [0.05, 0.1) is 12.2 Å². The molecule has 0 radical (unpaired) electrons. The molecular formula is C15H21N3. The summed E-state index contributed by atoms with van der Waals surface area (Å²) in [4.78, 5) is 4.73. The van der Waals surface area contributed by atoms with Gasteiger partial charge in [0, 0.05) is 18.3 Å². The second-order valence-corrected chi connectivity index (χ2v) is 4.60. The van der Waals surface area contributed by atoms with Gasteiger partial charge in [-0.3, -0.25) is 0 Å². The molecule has 2 rings (SSSR count). The molecule has 0 aliphatic heterocycles. The minimum Gasteiger partial charge on any atom is -0.334 e. The van der Waals surface area contributed by atoms with E-state index in [2.05, 4.69) is 55.0 Å². The Bertz CT molecular complexity index is 523. The van der Waals surface area contributed by atoms with Crippen molar-refractivity contribution in [1.82, 2.24) is 14.9 Å². The zero-order chi connectivity index (χ0) is 13.1. The Balaban J connectivity index is 2.40. The minimum atomic E-state index is 0.796. The number of rotatable bonds is 4. The van der Waals surface area contributed by atoms with Gasteiger partial charge >= 0.3 is 0 Å². The molecule has 0 saturated carbocycles. The number of aromatic nitrogens is 2. The van der Waals surface area contributed by atoms with E-state index in [-0.39, 0.29) is 0 Å². The van der Waals surface area contributed by atoms with Crippen molar-refractivity contribution in [1.29, 1.82) is 0 Å². The van der Waals surface area contributed by atoms with Crippen LogP contribution in [0.4, 0.5) is 0 Å². The Morgan fingerprint density at radius 2 is 1.89 bits per heavy atom. The normalized spacial score (nSPS) is 10.9. The number of nitrogens with one attached hydrogen (secondary N) is 1. The van der Waals surface area contributed by atoms with Gasteiger partial charge in [0.2, 0.25) is 0 Å². The number of hydrogen-bond donors (Lipinski definition) is 1. The summed E-state index contributed by atoms with van der Waals surface area (Å²) in [6, 6.07) is 8.69. The molecule has 2 aromatic rings. The van der Waals surface area contributed by atoms with Crippen molar-refractivity contribution in [2.24, 2.45) is 7.05 Å². The molecule has 3 nitrogen and oxygen atoms in total. The second-order valence-electron chi connectivity index (χ2n) is 4.60. The molecule has 1 heterocycles. The average molecular weight is 243 g/mol. The van der Waals surface area contributed by atoms with Crippen LogP contribution >= 0.6 is 0 Å². The average Bonchev–Trinajstić information content (AvgIpc) is 2.68. The highest BCUT2D eigenvalue weighted by Crippen LogP contribution is 2.23. The van der Waals surface area contributed by atoms with Crippen LogP contribution in [0.1, 0.15) is 24.0 Å². The predicted octanol–water partition coefficient (Wildman–Crippen LogP) is 2.68. The van der Waals surface area contributed by atoms with E-state index in [1.807, 2.05) is 7.05 Å². The molecule has 1 aromatic carbocycles. The Kier molecular flexibility index (Phi) is 3.82. The van der Waals surface area contributed by atoms with E-state index in [1.165, 1.54) is 16.8 Å². The smallest absolute Gasteiger partial charge is 0.123 e. The van der Waals surface area contributed by atoms with Crippen LogP contribution in [-0.2, 0) is 20.0 Å². The topological polar surface area (TPSA) is 29.9 Å². The lowest BCUT2D eigenvalue weighted by Crippen LogP contribution is -2.10. The lowest BCUT2D eigenvalue weighted by molar-refractivity contribution is 0.701. The molecule has 0 atom stereocenters. The fourth-order valence-corrected chi connectivity index (χ4v) is 2.13. The molecule has 96 valence electrons. The van der Waals surface area contributed by atoms with Crippen molar-refractivity contribution in [2.45, 2.75) is 26.8 Å². The van der Waals surface area contributed by atoms with Crippen LogP contribution in [0.25, 0.3) is 11.3 Å². The Hall–Kier alpha value is -1.61. The minimum absolute atomic E-state index is 0.796. The molecule has 0 saturated heterocycles. The Labute approximate surface area is 109 Å². The molecule has 0 unspecified atom stereocenters. The summed E-state index contributed by atoms with van der Waals surface area (Å²) >= 11 is 0. The lowest BCUT2D eigenvalue weighted by Gasteiger charge is -2.02. The highest BCUT2D eigenvalue weighted by atomic mass is 15.1. The Morgan fingerprint density at radius 1 is 1.22 bits per heavy atom. The van der Waals surface area contributed by atoms with E-state index >= 15 is 0 Å². The van der Waals surface area contributed by atoms with Crippen LogP contribution in [0.3, 0.4) is 0 Å². The molecule has 0 bridgehead atoms. The standard InChI is InChI=1S/C15H21N3/c1-5-12-6-8-13(9-7-12)15-11(2)18(4)14(17-15)10-16-3/h6-9,16H,5,10H2,1-4H3. The van der Waals surface area contributed by atoms with Crippen LogP contribution in [-0.4, -0.2) is 16.6 Å². The Morgan fingerprint density at radius 3 is 2.44 bits per heavy atom. The van der Waals surface area contributed by atoms with Crippen molar-refractivity contribution in [3.8, 4) is 11.3 Å². The van der Waals surface area contributed by atoms with E-state index in [1.54, 1.807) is 0 Å². The SMILES string of the molecule is CCc1ccc(-c2nc(CNC)n(C)c2C)cc1. The van der Waals surface area contributed by atoms with Gasteiger partial charge in [0.25, 0.3) is 0 Å². The van der Waals surface area contributed by atoms with Crippen molar-refractivity contribution in [3.05, 3.63) is 41.3 Å². The van der Waals surface area contributed by atoms with Gasteiger partial charge in [-0.15, -0.1) is 0 Å². The molecule has 0 aliphatic rings. The quantitative estimate of drug-likeness (QED) is 0.894. The maximum atomic E-state index is 4.73. The molecule has 0 amide bonds. The fraction of sp³-hybridized carbons (Fsp3) is 0.400. The van der Waals surface area contributed by atoms with Gasteiger partial charge in [0.1, 0.15) is 5.82 Å². The van der Waals surface area contributed by atoms with Crippen molar-refractivity contribution in [2.75, 3.05) is 7.05 Å². The number of nitrogens with zero attached hydrogens (tertiary/aromatic N) is 2. The van der Waals surface area contributed by atoms with Gasteiger partial charge in [0.15, 0.2) is 0 Å². The predicted molar refractivity (Wildman–Crippen MR) is 75.5 cm³/mol. The van der Waals surface area contributed by atoms with Crippen molar-refractivity contribution in [3.63, 3.8) is 0 Å². The van der Waals surface area contributed by atoms with Crippen molar-refractivity contribution >= 4 is 0 Å². The third-order valence-electron chi connectivity index (χ3n) is 3.44. The highest BCUT2D eigenvalue weighted by molar-refractivity contribution is 5.62. The zero-order valence-electron chi connectivity index (χ0n) is 11.6. The van der Waals surface area contributed by atoms with Crippen LogP contribution in [0.5, 0.6) is 0 Å². The summed E-state index contributed by atoms with van der Waals surface area (Å²) in [5.41, 5.74) is 4.86.